The van der Waals surface area contributed by atoms with E-state index in [0.717, 1.165) is 17.7 Å². The van der Waals surface area contributed by atoms with Crippen molar-refractivity contribution in [3.8, 4) is 0 Å². The van der Waals surface area contributed by atoms with Gasteiger partial charge in [0.2, 0.25) is 0 Å². The number of nitrogens with two attached hydrogens (primary N) is 1. The van der Waals surface area contributed by atoms with Crippen LogP contribution in [0.15, 0.2) is 30.3 Å². The Hall–Kier alpha value is -1.24. The molecule has 12 heavy (non-hydrogen) atoms. The Labute approximate surface area is 73.9 Å². The third-order valence-electron chi connectivity index (χ3n) is 2.01. The third kappa shape index (κ3) is 1.88. The Balaban J connectivity index is 2.92. The summed E-state index contributed by atoms with van der Waals surface area (Å²) in [6.45, 7) is 4.09. The third-order valence-corrected chi connectivity index (χ3v) is 2.01. The minimum atomic E-state index is 0.845. The highest BCUT2D eigenvalue weighted by Gasteiger charge is 1.93. The van der Waals surface area contributed by atoms with Gasteiger partial charge >= 0.3 is 0 Å². The van der Waals surface area contributed by atoms with Gasteiger partial charge in [0.15, 0.2) is 0 Å². The molecule has 1 rings (SSSR count). The van der Waals surface area contributed by atoms with E-state index >= 15 is 0 Å². The molecule has 0 saturated heterocycles. The minimum absolute atomic E-state index is 0.845. The lowest BCUT2D eigenvalue weighted by atomic mass is 10.1. The Kier molecular flexibility index (Phi) is 2.92. The molecule has 0 unspecified atom stereocenters. The Morgan fingerprint density at radius 2 is 1.92 bits per heavy atom. The van der Waals surface area contributed by atoms with Crippen LogP contribution in [0.2, 0.25) is 0 Å². The summed E-state index contributed by atoms with van der Waals surface area (Å²) in [4.78, 5) is 0. The molecule has 0 aromatic heterocycles. The smallest absolute Gasteiger partial charge is 0.0344 e. The predicted molar refractivity (Wildman–Crippen MR) is 53.7 cm³/mol. The van der Waals surface area contributed by atoms with Crippen LogP contribution in [0.4, 0.5) is 0 Å². The van der Waals surface area contributed by atoms with Crippen LogP contribution in [0.3, 0.4) is 0 Å². The van der Waals surface area contributed by atoms with Crippen molar-refractivity contribution < 1.29 is 0 Å². The average molecular weight is 161 g/mol. The van der Waals surface area contributed by atoms with Crippen LogP contribution >= 0.6 is 0 Å². The van der Waals surface area contributed by atoms with Crippen molar-refractivity contribution in [3.05, 3.63) is 41.5 Å². The van der Waals surface area contributed by atoms with Gasteiger partial charge in [0.25, 0.3) is 0 Å². The predicted octanol–water partition coefficient (Wildman–Crippen LogP) is 2.57. The molecule has 1 aromatic rings. The zero-order chi connectivity index (χ0) is 8.97. The second kappa shape index (κ2) is 3.96. The molecule has 0 saturated carbocycles. The molecule has 0 fully saturated rings. The van der Waals surface area contributed by atoms with Crippen molar-refractivity contribution in [1.29, 1.82) is 0 Å². The maximum atomic E-state index is 5.75. The van der Waals surface area contributed by atoms with Crippen LogP contribution in [-0.4, -0.2) is 0 Å². The Morgan fingerprint density at radius 1 is 1.33 bits per heavy atom. The first-order chi connectivity index (χ1) is 5.77. The van der Waals surface area contributed by atoms with Crippen molar-refractivity contribution in [2.75, 3.05) is 0 Å². The summed E-state index contributed by atoms with van der Waals surface area (Å²) in [5.41, 5.74) is 9.05. The lowest BCUT2D eigenvalue weighted by Crippen LogP contribution is -1.95. The van der Waals surface area contributed by atoms with Gasteiger partial charge < -0.3 is 5.73 Å². The number of benzene rings is 1. The summed E-state index contributed by atoms with van der Waals surface area (Å²) in [6, 6.07) is 8.36. The molecule has 0 atom stereocenters. The van der Waals surface area contributed by atoms with Crippen molar-refractivity contribution in [1.82, 2.24) is 0 Å². The molecule has 1 heteroatoms. The van der Waals surface area contributed by atoms with E-state index < -0.39 is 0 Å². The van der Waals surface area contributed by atoms with Crippen molar-refractivity contribution >= 4 is 5.70 Å². The fourth-order valence-electron chi connectivity index (χ4n) is 1.10. The van der Waals surface area contributed by atoms with Crippen LogP contribution < -0.4 is 5.73 Å². The van der Waals surface area contributed by atoms with Gasteiger partial charge in [-0.2, -0.15) is 0 Å². The summed E-state index contributed by atoms with van der Waals surface area (Å²) < 4.78 is 0. The molecular weight excluding hydrogens is 146 g/mol. The molecule has 0 aliphatic carbocycles. The maximum absolute atomic E-state index is 5.75. The molecule has 64 valence electrons. The van der Waals surface area contributed by atoms with E-state index in [0.29, 0.717) is 0 Å². The number of hydrogen-bond acceptors (Lipinski definition) is 1. The molecule has 1 aromatic carbocycles. The van der Waals surface area contributed by atoms with E-state index in [1.54, 1.807) is 0 Å². The quantitative estimate of drug-likeness (QED) is 0.708. The largest absolute Gasteiger partial charge is 0.399 e. The maximum Gasteiger partial charge on any atom is 0.0344 e. The lowest BCUT2D eigenvalue weighted by molar-refractivity contribution is 1.14. The summed E-state index contributed by atoms with van der Waals surface area (Å²) in [5.74, 6) is 0. The molecule has 2 N–H and O–H groups in total. The van der Waals surface area contributed by atoms with Gasteiger partial charge in [-0.1, -0.05) is 37.3 Å². The van der Waals surface area contributed by atoms with Crippen LogP contribution in [0.25, 0.3) is 5.70 Å². The van der Waals surface area contributed by atoms with Crippen molar-refractivity contribution in [2.45, 2.75) is 20.3 Å². The first kappa shape index (κ1) is 8.85. The molecule has 1 nitrogen and oxygen atoms in total. The first-order valence-corrected chi connectivity index (χ1v) is 4.29. The summed E-state index contributed by atoms with van der Waals surface area (Å²) >= 11 is 0. The van der Waals surface area contributed by atoms with E-state index in [-0.39, 0.29) is 0 Å². The molecule has 0 bridgehead atoms. The summed E-state index contributed by atoms with van der Waals surface area (Å²) in [7, 11) is 0. The van der Waals surface area contributed by atoms with Gasteiger partial charge in [0.1, 0.15) is 0 Å². The van der Waals surface area contributed by atoms with Crippen LogP contribution in [0, 0.1) is 0 Å². The fraction of sp³-hybridized carbons (Fsp3) is 0.273. The number of hydrogen-bond donors (Lipinski definition) is 1. The average Bonchev–Trinajstić information content (AvgIpc) is 2.17. The lowest BCUT2D eigenvalue weighted by Gasteiger charge is -2.01. The zero-order valence-electron chi connectivity index (χ0n) is 7.67. The fourth-order valence-corrected chi connectivity index (χ4v) is 1.10. The second-order valence-electron chi connectivity index (χ2n) is 2.79. The van der Waals surface area contributed by atoms with E-state index in [2.05, 4.69) is 31.2 Å². The van der Waals surface area contributed by atoms with E-state index in [4.69, 9.17) is 5.73 Å². The molecule has 0 aliphatic heterocycles. The van der Waals surface area contributed by atoms with Crippen LogP contribution in [0.1, 0.15) is 25.0 Å². The summed E-state index contributed by atoms with van der Waals surface area (Å²) in [6.07, 6.45) is 3.00. The number of allylic oxidation sites excluding steroid dienone is 1. The molecule has 0 radical (unpaired) electrons. The van der Waals surface area contributed by atoms with Gasteiger partial charge in [-0.15, -0.1) is 0 Å². The standard InChI is InChI=1S/C11H15N/c1-3-9-5-7-10(8-6-9)11(12)4-2/h4-8H,3,12H2,1-2H3/b11-4-. The van der Waals surface area contributed by atoms with E-state index in [1.165, 1.54) is 5.56 Å². The van der Waals surface area contributed by atoms with Gasteiger partial charge in [-0.3, -0.25) is 0 Å². The molecule has 0 aliphatic rings. The highest BCUT2D eigenvalue weighted by molar-refractivity contribution is 5.62. The van der Waals surface area contributed by atoms with E-state index in [9.17, 15) is 0 Å². The van der Waals surface area contributed by atoms with Gasteiger partial charge in [-0.05, 0) is 24.5 Å². The van der Waals surface area contributed by atoms with Crippen molar-refractivity contribution in [2.24, 2.45) is 5.73 Å². The second-order valence-corrected chi connectivity index (χ2v) is 2.79. The molecular formula is C11H15N. The van der Waals surface area contributed by atoms with Crippen LogP contribution in [0.5, 0.6) is 0 Å². The molecule has 0 spiro atoms. The Bertz CT molecular complexity index is 270. The monoisotopic (exact) mass is 161 g/mol. The zero-order valence-corrected chi connectivity index (χ0v) is 7.67. The minimum Gasteiger partial charge on any atom is -0.399 e. The highest BCUT2D eigenvalue weighted by atomic mass is 14.6. The van der Waals surface area contributed by atoms with Gasteiger partial charge in [0.05, 0.1) is 0 Å². The topological polar surface area (TPSA) is 26.0 Å². The highest BCUT2D eigenvalue weighted by Crippen LogP contribution is 2.10. The molecule has 0 heterocycles. The number of rotatable bonds is 2. The SMILES string of the molecule is C/C=C(\N)c1ccc(CC)cc1. The van der Waals surface area contributed by atoms with E-state index in [1.807, 2.05) is 13.0 Å². The normalized spacial score (nSPS) is 11.7. The van der Waals surface area contributed by atoms with Crippen molar-refractivity contribution in [3.63, 3.8) is 0 Å². The summed E-state index contributed by atoms with van der Waals surface area (Å²) in [5, 5.41) is 0. The number of aryl methyl sites for hydroxylation is 1. The van der Waals surface area contributed by atoms with Gasteiger partial charge in [0, 0.05) is 5.70 Å². The first-order valence-electron chi connectivity index (χ1n) is 4.29. The van der Waals surface area contributed by atoms with Crippen LogP contribution in [-0.2, 0) is 6.42 Å². The molecule has 0 amide bonds. The Morgan fingerprint density at radius 3 is 2.33 bits per heavy atom. The van der Waals surface area contributed by atoms with Gasteiger partial charge in [-0.25, -0.2) is 0 Å².